The van der Waals surface area contributed by atoms with Gasteiger partial charge in [-0.05, 0) is 53.2 Å². The van der Waals surface area contributed by atoms with Crippen LogP contribution < -0.4 is 15.5 Å². The first-order chi connectivity index (χ1) is 16.3. The molecule has 2 rings (SSSR count). The Kier molecular flexibility index (Phi) is 10.2. The summed E-state index contributed by atoms with van der Waals surface area (Å²) >= 11 is 0. The van der Waals surface area contributed by atoms with Gasteiger partial charge in [0.1, 0.15) is 19.0 Å². The lowest BCUT2D eigenvalue weighted by Gasteiger charge is -2.46. The van der Waals surface area contributed by atoms with Crippen LogP contribution in [0.1, 0.15) is 66.4 Å². The number of benzene rings is 1. The second-order valence-electron chi connectivity index (χ2n) is 11.4. The molecule has 1 fully saturated rings. The minimum Gasteiger partial charge on any atom is -0.466 e. The Balaban J connectivity index is 1.75. The van der Waals surface area contributed by atoms with Crippen molar-refractivity contribution in [1.82, 2.24) is 10.8 Å². The lowest BCUT2D eigenvalue weighted by Crippen LogP contribution is -2.50. The smallest absolute Gasteiger partial charge is 0.407 e. The first-order valence-corrected chi connectivity index (χ1v) is 12.1. The predicted octanol–water partition coefficient (Wildman–Crippen LogP) is 4.88. The van der Waals surface area contributed by atoms with Gasteiger partial charge in [-0.1, -0.05) is 60.3 Å². The lowest BCUT2D eigenvalue weighted by atomic mass is 9.62. The van der Waals surface area contributed by atoms with E-state index < -0.39 is 12.1 Å². The second-order valence-corrected chi connectivity index (χ2v) is 11.4. The molecular formula is C27H42N2O6. The minimum atomic E-state index is -0.544. The highest BCUT2D eigenvalue weighted by Crippen LogP contribution is 2.45. The Morgan fingerprint density at radius 3 is 2.37 bits per heavy atom. The molecule has 0 bridgehead atoms. The van der Waals surface area contributed by atoms with Crippen LogP contribution in [0.2, 0.25) is 0 Å². The van der Waals surface area contributed by atoms with Crippen molar-refractivity contribution in [1.29, 1.82) is 0 Å². The molecule has 0 saturated heterocycles. The van der Waals surface area contributed by atoms with Gasteiger partial charge in [-0.25, -0.2) is 9.59 Å². The first kappa shape index (κ1) is 28.7. The second kappa shape index (κ2) is 12.4. The van der Waals surface area contributed by atoms with E-state index in [1.54, 1.807) is 0 Å². The van der Waals surface area contributed by atoms with Crippen LogP contribution in [-0.4, -0.2) is 44.7 Å². The van der Waals surface area contributed by atoms with Crippen molar-refractivity contribution in [2.75, 3.05) is 26.6 Å². The monoisotopic (exact) mass is 490 g/mol. The summed E-state index contributed by atoms with van der Waals surface area (Å²) in [5.74, 6) is 0.212. The van der Waals surface area contributed by atoms with Gasteiger partial charge in [0.05, 0.1) is 0 Å². The molecule has 1 aromatic carbocycles. The number of alkyl carbamates (subject to hydrolysis) is 1. The highest BCUT2D eigenvalue weighted by molar-refractivity contribution is 5.81. The molecule has 2 N–H and O–H groups in total. The number of nitrogens with one attached hydrogen (secondary N) is 2. The van der Waals surface area contributed by atoms with Crippen molar-refractivity contribution < 1.29 is 28.6 Å². The van der Waals surface area contributed by atoms with Crippen LogP contribution in [0.25, 0.3) is 0 Å². The quantitative estimate of drug-likeness (QED) is 0.150. The van der Waals surface area contributed by atoms with E-state index in [1.807, 2.05) is 12.1 Å². The number of ether oxygens (including phenoxy) is 3. The molecule has 1 aliphatic rings. The highest BCUT2D eigenvalue weighted by Gasteiger charge is 2.41. The zero-order valence-electron chi connectivity index (χ0n) is 22.1. The molecule has 0 aromatic heterocycles. The maximum Gasteiger partial charge on any atom is 0.407 e. The van der Waals surface area contributed by atoms with Crippen molar-refractivity contribution in [2.45, 2.75) is 72.3 Å². The van der Waals surface area contributed by atoms with Crippen LogP contribution in [0.15, 0.2) is 36.9 Å². The number of hydrogen-bond donors (Lipinski definition) is 2. The number of esters is 1. The molecule has 0 radical (unpaired) electrons. The summed E-state index contributed by atoms with van der Waals surface area (Å²) in [4.78, 5) is 28.8. The molecule has 1 aliphatic carbocycles. The third-order valence-corrected chi connectivity index (χ3v) is 6.10. The zero-order chi connectivity index (χ0) is 26.1. The number of carbonyl (C=O) groups is 2. The predicted molar refractivity (Wildman–Crippen MR) is 135 cm³/mol. The Bertz CT molecular complexity index is 846. The molecule has 0 spiro atoms. The van der Waals surface area contributed by atoms with Crippen molar-refractivity contribution in [2.24, 2.45) is 10.8 Å². The Morgan fingerprint density at radius 2 is 1.74 bits per heavy atom. The molecule has 196 valence electrons. The van der Waals surface area contributed by atoms with E-state index in [0.717, 1.165) is 31.1 Å². The van der Waals surface area contributed by atoms with E-state index in [-0.39, 0.29) is 42.3 Å². The third-order valence-electron chi connectivity index (χ3n) is 6.10. The Morgan fingerprint density at radius 1 is 1.09 bits per heavy atom. The summed E-state index contributed by atoms with van der Waals surface area (Å²) in [6.45, 7) is 17.1. The van der Waals surface area contributed by atoms with Crippen LogP contribution in [0, 0.1) is 10.8 Å². The van der Waals surface area contributed by atoms with Crippen LogP contribution in [0.3, 0.4) is 0 Å². The average Bonchev–Trinajstić information content (AvgIpc) is 2.74. The molecule has 2 unspecified atom stereocenters. The summed E-state index contributed by atoms with van der Waals surface area (Å²) in [6.07, 6.45) is 3.16. The molecule has 1 saturated carbocycles. The molecule has 0 aliphatic heterocycles. The van der Waals surface area contributed by atoms with E-state index in [1.165, 1.54) is 5.56 Å². The number of hydroxylamine groups is 1. The molecule has 8 nitrogen and oxygen atoms in total. The topological polar surface area (TPSA) is 95.1 Å². The maximum absolute atomic E-state index is 12.2. The SMILES string of the molecule is C=CC(=O)OCCOC(=O)NC1CC(C)(C)CC(C)(CNOCOc2ccc(C(C)(C)C)cc2)C1. The van der Waals surface area contributed by atoms with Crippen molar-refractivity contribution in [3.63, 3.8) is 0 Å². The van der Waals surface area contributed by atoms with E-state index in [4.69, 9.17) is 19.0 Å². The summed E-state index contributed by atoms with van der Waals surface area (Å²) in [6, 6.07) is 8.01. The van der Waals surface area contributed by atoms with E-state index >= 15 is 0 Å². The zero-order valence-corrected chi connectivity index (χ0v) is 22.1. The third kappa shape index (κ3) is 10.3. The standard InChI is InChI=1S/C27H42N2O6/c1-8-23(30)32-13-14-33-24(31)29-21-15-26(5,6)17-27(7,16-21)18-28-35-19-34-22-11-9-20(10-12-22)25(2,3)4/h8-12,21,28H,1,13-19H2,2-7H3,(H,29,31). The molecule has 35 heavy (non-hydrogen) atoms. The largest absolute Gasteiger partial charge is 0.466 e. The maximum atomic E-state index is 12.2. The van der Waals surface area contributed by atoms with Gasteiger partial charge >= 0.3 is 12.1 Å². The van der Waals surface area contributed by atoms with Gasteiger partial charge in [0.25, 0.3) is 0 Å². The van der Waals surface area contributed by atoms with Gasteiger partial charge in [0, 0.05) is 18.7 Å². The number of carbonyl (C=O) groups excluding carboxylic acids is 2. The Labute approximate surface area is 209 Å². The molecule has 8 heteroatoms. The molecule has 0 heterocycles. The fourth-order valence-corrected chi connectivity index (χ4v) is 4.83. The normalized spacial score (nSPS) is 21.6. The van der Waals surface area contributed by atoms with Crippen molar-refractivity contribution in [3.05, 3.63) is 42.5 Å². The van der Waals surface area contributed by atoms with Gasteiger partial charge < -0.3 is 19.5 Å². The summed E-state index contributed by atoms with van der Waals surface area (Å²) in [5.41, 5.74) is 4.35. The molecule has 2 atom stereocenters. The fraction of sp³-hybridized carbons (Fsp3) is 0.630. The molecule has 1 amide bonds. The number of hydrogen-bond acceptors (Lipinski definition) is 7. The van der Waals surface area contributed by atoms with E-state index in [0.29, 0.717) is 6.54 Å². The first-order valence-electron chi connectivity index (χ1n) is 12.1. The van der Waals surface area contributed by atoms with Crippen LogP contribution in [0.4, 0.5) is 4.79 Å². The number of rotatable bonds is 11. The minimum absolute atomic E-state index is 0.00376. The van der Waals surface area contributed by atoms with Crippen LogP contribution in [-0.2, 0) is 24.5 Å². The molecular weight excluding hydrogens is 448 g/mol. The average molecular weight is 491 g/mol. The van der Waals surface area contributed by atoms with Crippen LogP contribution in [0.5, 0.6) is 5.75 Å². The van der Waals surface area contributed by atoms with E-state index in [2.05, 4.69) is 71.1 Å². The highest BCUT2D eigenvalue weighted by atomic mass is 16.8. The fourth-order valence-electron chi connectivity index (χ4n) is 4.83. The van der Waals surface area contributed by atoms with Gasteiger partial charge in [-0.15, -0.1) is 0 Å². The van der Waals surface area contributed by atoms with Gasteiger partial charge in [-0.2, -0.15) is 5.48 Å². The molecule has 1 aromatic rings. The number of amides is 1. The van der Waals surface area contributed by atoms with Gasteiger partial charge in [-0.3, -0.25) is 4.84 Å². The van der Waals surface area contributed by atoms with Crippen LogP contribution >= 0.6 is 0 Å². The lowest BCUT2D eigenvalue weighted by molar-refractivity contribution is -0.138. The summed E-state index contributed by atoms with van der Waals surface area (Å²) < 4.78 is 15.6. The van der Waals surface area contributed by atoms with Crippen molar-refractivity contribution >= 4 is 12.1 Å². The van der Waals surface area contributed by atoms with Gasteiger partial charge in [0.2, 0.25) is 6.79 Å². The summed E-state index contributed by atoms with van der Waals surface area (Å²) in [7, 11) is 0. The Hall–Kier alpha value is -2.58. The van der Waals surface area contributed by atoms with Gasteiger partial charge in [0.15, 0.2) is 0 Å². The van der Waals surface area contributed by atoms with E-state index in [9.17, 15) is 9.59 Å². The van der Waals surface area contributed by atoms with Crippen molar-refractivity contribution in [3.8, 4) is 5.75 Å². The summed E-state index contributed by atoms with van der Waals surface area (Å²) in [5, 5.41) is 2.95.